The number of amides is 1. The molecule has 8 heteroatoms. The summed E-state index contributed by atoms with van der Waals surface area (Å²) >= 11 is 7.12. The van der Waals surface area contributed by atoms with Crippen LogP contribution >= 0.6 is 23.4 Å². The normalized spacial score (nSPS) is 11.0. The van der Waals surface area contributed by atoms with Crippen molar-refractivity contribution in [3.63, 3.8) is 0 Å². The molecule has 6 nitrogen and oxygen atoms in total. The predicted molar refractivity (Wildman–Crippen MR) is 88.4 cm³/mol. The van der Waals surface area contributed by atoms with Crippen LogP contribution in [-0.4, -0.2) is 31.4 Å². The number of thioether (sulfide) groups is 1. The molecular formula is C14H18ClN5OS. The molecule has 0 fully saturated rings. The molecule has 0 saturated heterocycles. The van der Waals surface area contributed by atoms with E-state index in [1.807, 2.05) is 11.5 Å². The smallest absolute Gasteiger partial charge is 0.236 e. The maximum Gasteiger partial charge on any atom is 0.236 e. The molecule has 0 radical (unpaired) electrons. The number of pyridine rings is 1. The standard InChI is InChI=1S/C14H18ClN5OS/c1-4-20-13(9(2)3)18-19-14(20)22-8-12(21)17-11-6-5-10(15)7-16-11/h5-7,9H,4,8H2,1-3H3,(H,16,17,21). The first-order chi connectivity index (χ1) is 10.5. The lowest BCUT2D eigenvalue weighted by atomic mass is 10.2. The number of rotatable bonds is 6. The van der Waals surface area contributed by atoms with Crippen LogP contribution < -0.4 is 5.32 Å². The van der Waals surface area contributed by atoms with Gasteiger partial charge >= 0.3 is 0 Å². The second-order valence-electron chi connectivity index (χ2n) is 4.94. The van der Waals surface area contributed by atoms with Gasteiger partial charge in [-0.25, -0.2) is 4.98 Å². The zero-order valence-corrected chi connectivity index (χ0v) is 14.3. The maximum absolute atomic E-state index is 11.9. The van der Waals surface area contributed by atoms with E-state index in [1.165, 1.54) is 18.0 Å². The maximum atomic E-state index is 11.9. The van der Waals surface area contributed by atoms with Crippen LogP contribution in [0.25, 0.3) is 0 Å². The van der Waals surface area contributed by atoms with Gasteiger partial charge in [-0.1, -0.05) is 37.2 Å². The minimum absolute atomic E-state index is 0.142. The number of nitrogens with zero attached hydrogens (tertiary/aromatic N) is 4. The molecule has 1 N–H and O–H groups in total. The molecule has 2 rings (SSSR count). The summed E-state index contributed by atoms with van der Waals surface area (Å²) in [4.78, 5) is 16.0. The molecule has 2 aromatic heterocycles. The molecule has 0 aliphatic rings. The highest BCUT2D eigenvalue weighted by Crippen LogP contribution is 2.21. The van der Waals surface area contributed by atoms with Crippen molar-refractivity contribution in [1.82, 2.24) is 19.7 Å². The Morgan fingerprint density at radius 3 is 2.77 bits per heavy atom. The summed E-state index contributed by atoms with van der Waals surface area (Å²) < 4.78 is 2.03. The van der Waals surface area contributed by atoms with E-state index in [0.29, 0.717) is 16.8 Å². The van der Waals surface area contributed by atoms with Gasteiger partial charge in [0.15, 0.2) is 5.16 Å². The fourth-order valence-electron chi connectivity index (χ4n) is 1.89. The van der Waals surface area contributed by atoms with Crippen molar-refractivity contribution in [2.45, 2.75) is 38.4 Å². The Morgan fingerprint density at radius 2 is 2.18 bits per heavy atom. The second-order valence-corrected chi connectivity index (χ2v) is 6.32. The minimum Gasteiger partial charge on any atom is -0.310 e. The Morgan fingerprint density at radius 1 is 1.41 bits per heavy atom. The van der Waals surface area contributed by atoms with E-state index in [2.05, 4.69) is 34.3 Å². The van der Waals surface area contributed by atoms with Crippen LogP contribution in [-0.2, 0) is 11.3 Å². The van der Waals surface area contributed by atoms with Gasteiger partial charge in [-0.2, -0.15) is 0 Å². The number of nitrogens with one attached hydrogen (secondary N) is 1. The Balaban J connectivity index is 1.95. The second kappa shape index (κ2) is 7.60. The summed E-state index contributed by atoms with van der Waals surface area (Å²) in [7, 11) is 0. The third-order valence-electron chi connectivity index (χ3n) is 2.91. The van der Waals surface area contributed by atoms with Crippen LogP contribution in [0.3, 0.4) is 0 Å². The molecule has 0 aromatic carbocycles. The zero-order chi connectivity index (χ0) is 16.1. The molecule has 0 atom stereocenters. The average molecular weight is 340 g/mol. The largest absolute Gasteiger partial charge is 0.310 e. The van der Waals surface area contributed by atoms with Gasteiger partial charge in [-0.15, -0.1) is 10.2 Å². The third kappa shape index (κ3) is 4.20. The Hall–Kier alpha value is -1.60. The number of hydrogen-bond acceptors (Lipinski definition) is 5. The van der Waals surface area contributed by atoms with E-state index in [0.717, 1.165) is 17.5 Å². The fraction of sp³-hybridized carbons (Fsp3) is 0.429. The van der Waals surface area contributed by atoms with E-state index in [1.54, 1.807) is 12.1 Å². The summed E-state index contributed by atoms with van der Waals surface area (Å²) in [5, 5.41) is 12.4. The van der Waals surface area contributed by atoms with E-state index in [4.69, 9.17) is 11.6 Å². The van der Waals surface area contributed by atoms with Crippen LogP contribution in [0.15, 0.2) is 23.5 Å². The molecule has 2 aromatic rings. The molecule has 0 aliphatic carbocycles. The quantitative estimate of drug-likeness (QED) is 0.818. The van der Waals surface area contributed by atoms with Gasteiger partial charge in [0.25, 0.3) is 0 Å². The van der Waals surface area contributed by atoms with Crippen LogP contribution in [0.5, 0.6) is 0 Å². The molecule has 118 valence electrons. The van der Waals surface area contributed by atoms with Crippen molar-refractivity contribution in [2.75, 3.05) is 11.1 Å². The minimum atomic E-state index is -0.142. The fourth-order valence-corrected chi connectivity index (χ4v) is 2.81. The number of aromatic nitrogens is 4. The molecule has 0 unspecified atom stereocenters. The number of hydrogen-bond donors (Lipinski definition) is 1. The van der Waals surface area contributed by atoms with Gasteiger partial charge in [0, 0.05) is 18.7 Å². The van der Waals surface area contributed by atoms with E-state index < -0.39 is 0 Å². The van der Waals surface area contributed by atoms with Crippen LogP contribution in [0.4, 0.5) is 5.82 Å². The highest BCUT2D eigenvalue weighted by molar-refractivity contribution is 7.99. The summed E-state index contributed by atoms with van der Waals surface area (Å²) in [6, 6.07) is 3.34. The van der Waals surface area contributed by atoms with E-state index >= 15 is 0 Å². The molecule has 2 heterocycles. The van der Waals surface area contributed by atoms with Gasteiger partial charge < -0.3 is 9.88 Å². The lowest BCUT2D eigenvalue weighted by molar-refractivity contribution is -0.113. The first-order valence-corrected chi connectivity index (χ1v) is 8.35. The van der Waals surface area contributed by atoms with Crippen LogP contribution in [0, 0.1) is 0 Å². The van der Waals surface area contributed by atoms with Gasteiger partial charge in [0.2, 0.25) is 5.91 Å². The molecule has 22 heavy (non-hydrogen) atoms. The van der Waals surface area contributed by atoms with Crippen molar-refractivity contribution in [3.05, 3.63) is 29.2 Å². The molecule has 0 bridgehead atoms. The number of carbonyl (C=O) groups excluding carboxylic acids is 1. The van der Waals surface area contributed by atoms with Crippen LogP contribution in [0.1, 0.15) is 32.5 Å². The number of carbonyl (C=O) groups is 1. The van der Waals surface area contributed by atoms with E-state index in [-0.39, 0.29) is 11.7 Å². The predicted octanol–water partition coefficient (Wildman–Crippen LogP) is 3.20. The summed E-state index contributed by atoms with van der Waals surface area (Å²) in [5.41, 5.74) is 0. The van der Waals surface area contributed by atoms with Crippen molar-refractivity contribution < 1.29 is 4.79 Å². The van der Waals surface area contributed by atoms with Crippen molar-refractivity contribution in [2.24, 2.45) is 0 Å². The van der Waals surface area contributed by atoms with Gasteiger partial charge in [-0.3, -0.25) is 4.79 Å². The molecule has 1 amide bonds. The highest BCUT2D eigenvalue weighted by atomic mass is 35.5. The topological polar surface area (TPSA) is 72.7 Å². The first kappa shape index (κ1) is 16.8. The first-order valence-electron chi connectivity index (χ1n) is 6.98. The van der Waals surface area contributed by atoms with Crippen molar-refractivity contribution in [1.29, 1.82) is 0 Å². The van der Waals surface area contributed by atoms with Gasteiger partial charge in [0.05, 0.1) is 10.8 Å². The number of halogens is 1. The van der Waals surface area contributed by atoms with Gasteiger partial charge in [0.1, 0.15) is 11.6 Å². The van der Waals surface area contributed by atoms with Crippen LogP contribution in [0.2, 0.25) is 5.02 Å². The van der Waals surface area contributed by atoms with Gasteiger partial charge in [-0.05, 0) is 19.1 Å². The molecule has 0 spiro atoms. The highest BCUT2D eigenvalue weighted by Gasteiger charge is 2.15. The van der Waals surface area contributed by atoms with Crippen molar-refractivity contribution in [3.8, 4) is 0 Å². The third-order valence-corrected chi connectivity index (χ3v) is 4.10. The lowest BCUT2D eigenvalue weighted by Crippen LogP contribution is -2.15. The molecule has 0 aliphatic heterocycles. The Kier molecular flexibility index (Phi) is 5.79. The molecular weight excluding hydrogens is 322 g/mol. The lowest BCUT2D eigenvalue weighted by Gasteiger charge is -2.09. The average Bonchev–Trinajstić information content (AvgIpc) is 2.90. The summed E-state index contributed by atoms with van der Waals surface area (Å²) in [6.07, 6.45) is 1.49. The van der Waals surface area contributed by atoms with E-state index in [9.17, 15) is 4.79 Å². The summed E-state index contributed by atoms with van der Waals surface area (Å²) in [6.45, 7) is 6.97. The number of anilines is 1. The monoisotopic (exact) mass is 339 g/mol. The Bertz CT molecular complexity index is 641. The SMILES string of the molecule is CCn1c(SCC(=O)Nc2ccc(Cl)cn2)nnc1C(C)C. The Labute approximate surface area is 138 Å². The summed E-state index contributed by atoms with van der Waals surface area (Å²) in [5.74, 6) is 1.82. The zero-order valence-electron chi connectivity index (χ0n) is 12.7. The molecule has 0 saturated carbocycles. The van der Waals surface area contributed by atoms with Crippen molar-refractivity contribution >= 4 is 35.1 Å².